The molecule has 0 saturated heterocycles. The fourth-order valence-electron chi connectivity index (χ4n) is 2.28. The van der Waals surface area contributed by atoms with Crippen molar-refractivity contribution in [1.29, 1.82) is 5.26 Å². The molecule has 0 aliphatic heterocycles. The minimum atomic E-state index is -0.910. The van der Waals surface area contributed by atoms with Gasteiger partial charge in [0.15, 0.2) is 5.75 Å². The summed E-state index contributed by atoms with van der Waals surface area (Å²) in [4.78, 5) is 38.8. The second kappa shape index (κ2) is 7.78. The molecule has 2 heterocycles. The number of nitriles is 1. The van der Waals surface area contributed by atoms with E-state index in [9.17, 15) is 14.4 Å². The monoisotopic (exact) mass is 435 g/mol. The molecule has 0 atom stereocenters. The third-order valence-corrected chi connectivity index (χ3v) is 4.17. The minimum Gasteiger partial charge on any atom is -0.434 e. The lowest BCUT2D eigenvalue weighted by Crippen LogP contribution is -2.33. The molecule has 0 spiro atoms. The highest BCUT2D eigenvalue weighted by Gasteiger charge is 2.16. The highest BCUT2D eigenvalue weighted by atomic mass is 35.5. The van der Waals surface area contributed by atoms with Gasteiger partial charge in [-0.1, -0.05) is 23.2 Å². The highest BCUT2D eigenvalue weighted by molar-refractivity contribution is 6.37. The summed E-state index contributed by atoms with van der Waals surface area (Å²) in [6, 6.07) is 5.58. The third-order valence-electron chi connectivity index (χ3n) is 3.61. The van der Waals surface area contributed by atoms with E-state index in [4.69, 9.17) is 33.2 Å². The quantitative estimate of drug-likeness (QED) is 0.616. The van der Waals surface area contributed by atoms with Gasteiger partial charge in [-0.05, 0) is 12.1 Å². The Morgan fingerprint density at radius 1 is 1.14 bits per heavy atom. The van der Waals surface area contributed by atoms with Crippen LogP contribution in [0.15, 0.2) is 32.6 Å². The van der Waals surface area contributed by atoms with E-state index in [0.29, 0.717) is 5.69 Å². The van der Waals surface area contributed by atoms with Gasteiger partial charge in [-0.2, -0.15) is 9.94 Å². The van der Waals surface area contributed by atoms with Gasteiger partial charge in [-0.25, -0.2) is 9.89 Å². The van der Waals surface area contributed by atoms with Crippen molar-refractivity contribution in [2.24, 2.45) is 0 Å². The highest BCUT2D eigenvalue weighted by Crippen LogP contribution is 2.37. The van der Waals surface area contributed by atoms with Gasteiger partial charge < -0.3 is 9.64 Å². The summed E-state index contributed by atoms with van der Waals surface area (Å²) in [5.74, 6) is 0.0373. The normalized spacial score (nSPS) is 10.4. The molecule has 0 aliphatic rings. The summed E-state index contributed by atoms with van der Waals surface area (Å²) in [7, 11) is 3.35. The maximum atomic E-state index is 12.0. The van der Waals surface area contributed by atoms with Gasteiger partial charge in [0.2, 0.25) is 11.6 Å². The van der Waals surface area contributed by atoms with Gasteiger partial charge in [0.25, 0.3) is 11.1 Å². The number of nitrogens with one attached hydrogen (secondary N) is 2. The molecule has 3 rings (SSSR count). The smallest absolute Gasteiger partial charge is 0.349 e. The molecule has 148 valence electrons. The molecule has 0 bridgehead atoms. The Morgan fingerprint density at radius 2 is 1.79 bits per heavy atom. The van der Waals surface area contributed by atoms with Gasteiger partial charge in [0.1, 0.15) is 11.8 Å². The minimum absolute atomic E-state index is 0.00897. The van der Waals surface area contributed by atoms with E-state index in [-0.39, 0.29) is 27.4 Å². The lowest BCUT2D eigenvalue weighted by Gasteiger charge is -2.14. The number of aromatic nitrogens is 5. The number of halogens is 2. The molecule has 0 fully saturated rings. The number of aromatic amines is 2. The fraction of sp³-hybridized carbons (Fsp3) is 0.125. The van der Waals surface area contributed by atoms with E-state index < -0.39 is 22.5 Å². The van der Waals surface area contributed by atoms with Crippen LogP contribution < -0.4 is 26.4 Å². The zero-order chi connectivity index (χ0) is 21.3. The first-order valence-electron chi connectivity index (χ1n) is 7.79. The van der Waals surface area contributed by atoms with Crippen molar-refractivity contribution in [1.82, 2.24) is 25.0 Å². The molecular formula is C16H11Cl2N7O4. The molecule has 11 nitrogen and oxygen atoms in total. The number of hydrogen-bond acceptors (Lipinski definition) is 8. The van der Waals surface area contributed by atoms with Crippen molar-refractivity contribution in [2.75, 3.05) is 19.0 Å². The Hall–Kier alpha value is -3.62. The van der Waals surface area contributed by atoms with Crippen LogP contribution in [-0.2, 0) is 0 Å². The average molecular weight is 436 g/mol. The molecule has 3 aromatic rings. The van der Waals surface area contributed by atoms with Gasteiger partial charge in [-0.15, -0.1) is 10.2 Å². The van der Waals surface area contributed by atoms with Crippen LogP contribution in [0.2, 0.25) is 10.0 Å². The van der Waals surface area contributed by atoms with Crippen LogP contribution in [0.4, 0.5) is 5.69 Å². The van der Waals surface area contributed by atoms with Crippen LogP contribution >= 0.6 is 23.2 Å². The first-order valence-corrected chi connectivity index (χ1v) is 8.55. The SMILES string of the molecule is CN(C)c1cc(Oc2c(Cl)cc(-n3nc(C#N)c(=O)[nH]c3=O)cc2Cl)n[nH]c1=O. The third kappa shape index (κ3) is 3.98. The fourth-order valence-corrected chi connectivity index (χ4v) is 2.83. The van der Waals surface area contributed by atoms with Gasteiger partial charge in [0, 0.05) is 20.2 Å². The molecule has 1 aromatic carbocycles. The molecule has 13 heteroatoms. The first-order chi connectivity index (χ1) is 13.7. The van der Waals surface area contributed by atoms with Crippen LogP contribution in [-0.4, -0.2) is 39.1 Å². The predicted octanol–water partition coefficient (Wildman–Crippen LogP) is 1.04. The van der Waals surface area contributed by atoms with Crippen LogP contribution in [0, 0.1) is 11.3 Å². The van der Waals surface area contributed by atoms with Crippen molar-refractivity contribution in [3.63, 3.8) is 0 Å². The summed E-state index contributed by atoms with van der Waals surface area (Å²) in [5, 5.41) is 18.7. The number of rotatable bonds is 4. The number of ether oxygens (including phenoxy) is 1. The van der Waals surface area contributed by atoms with E-state index in [0.717, 1.165) is 4.68 Å². The largest absolute Gasteiger partial charge is 0.434 e. The molecule has 0 amide bonds. The maximum absolute atomic E-state index is 12.0. The van der Waals surface area contributed by atoms with Crippen LogP contribution in [0.5, 0.6) is 11.6 Å². The van der Waals surface area contributed by atoms with Crippen LogP contribution in [0.3, 0.4) is 0 Å². The van der Waals surface area contributed by atoms with Crippen molar-refractivity contribution in [2.45, 2.75) is 0 Å². The van der Waals surface area contributed by atoms with E-state index >= 15 is 0 Å². The number of nitrogens with zero attached hydrogens (tertiary/aromatic N) is 5. The zero-order valence-corrected chi connectivity index (χ0v) is 16.4. The standard InChI is InChI=1S/C16H11Cl2N7O4/c1-24(2)11-5-12(21-22-15(11)27)29-13-8(17)3-7(4-9(13)18)25-16(28)20-14(26)10(6-19)23-25/h3-5H,1-2H3,(H,22,27)(H,20,26,28). The predicted molar refractivity (Wildman–Crippen MR) is 104 cm³/mol. The van der Waals surface area contributed by atoms with Gasteiger partial charge in [-0.3, -0.25) is 14.6 Å². The van der Waals surface area contributed by atoms with Gasteiger partial charge in [0.05, 0.1) is 15.7 Å². The van der Waals surface area contributed by atoms with E-state index in [1.807, 2.05) is 4.98 Å². The maximum Gasteiger partial charge on any atom is 0.349 e. The van der Waals surface area contributed by atoms with Crippen LogP contribution in [0.1, 0.15) is 5.69 Å². The van der Waals surface area contributed by atoms with E-state index in [1.165, 1.54) is 18.2 Å². The van der Waals surface area contributed by atoms with Crippen LogP contribution in [0.25, 0.3) is 5.69 Å². The topological polar surface area (TPSA) is 150 Å². The Balaban J connectivity index is 2.05. The summed E-state index contributed by atoms with van der Waals surface area (Å²) in [6.07, 6.45) is 0. The molecular weight excluding hydrogens is 425 g/mol. The number of benzene rings is 1. The molecule has 0 aliphatic carbocycles. The van der Waals surface area contributed by atoms with Crippen molar-refractivity contribution < 1.29 is 4.74 Å². The Labute approximate surface area is 171 Å². The van der Waals surface area contributed by atoms with E-state index in [2.05, 4.69) is 15.3 Å². The molecule has 29 heavy (non-hydrogen) atoms. The Bertz CT molecular complexity index is 1300. The second-order valence-corrected chi connectivity index (χ2v) is 6.60. The number of H-pyrrole nitrogens is 2. The summed E-state index contributed by atoms with van der Waals surface area (Å²) >= 11 is 12.5. The first kappa shape index (κ1) is 20.1. The van der Waals surface area contributed by atoms with Crippen molar-refractivity contribution >= 4 is 28.9 Å². The Kier molecular flexibility index (Phi) is 5.40. The van der Waals surface area contributed by atoms with Crippen molar-refractivity contribution in [3.8, 4) is 23.4 Å². The number of hydrogen-bond donors (Lipinski definition) is 2. The lowest BCUT2D eigenvalue weighted by atomic mass is 10.3. The van der Waals surface area contributed by atoms with Gasteiger partial charge >= 0.3 is 5.69 Å². The molecule has 0 unspecified atom stereocenters. The molecule has 2 N–H and O–H groups in total. The average Bonchev–Trinajstić information content (AvgIpc) is 2.65. The summed E-state index contributed by atoms with van der Waals surface area (Å²) in [5.41, 5.74) is -2.32. The number of anilines is 1. The van der Waals surface area contributed by atoms with E-state index in [1.54, 1.807) is 25.1 Å². The summed E-state index contributed by atoms with van der Waals surface area (Å²) in [6.45, 7) is 0. The summed E-state index contributed by atoms with van der Waals surface area (Å²) < 4.78 is 6.35. The molecule has 2 aromatic heterocycles. The Morgan fingerprint density at radius 3 is 2.38 bits per heavy atom. The lowest BCUT2D eigenvalue weighted by molar-refractivity contribution is 0.454. The van der Waals surface area contributed by atoms with Crippen molar-refractivity contribution in [3.05, 3.63) is 65.1 Å². The second-order valence-electron chi connectivity index (χ2n) is 5.79. The zero-order valence-electron chi connectivity index (χ0n) is 14.9. The molecule has 0 radical (unpaired) electrons. The molecule has 0 saturated carbocycles.